The minimum atomic E-state index is -0.540. The van der Waals surface area contributed by atoms with Crippen LogP contribution in [0.25, 0.3) is 0 Å². The van der Waals surface area contributed by atoms with Crippen molar-refractivity contribution in [2.75, 3.05) is 32.7 Å². The predicted octanol–water partition coefficient (Wildman–Crippen LogP) is 1.39. The fourth-order valence-corrected chi connectivity index (χ4v) is 3.58. The number of hydrogen-bond donors (Lipinski definition) is 1. The van der Waals surface area contributed by atoms with Crippen LogP contribution < -0.4 is 5.73 Å². The topological polar surface area (TPSA) is 49.6 Å². The highest BCUT2D eigenvalue weighted by Crippen LogP contribution is 2.38. The first-order chi connectivity index (χ1) is 9.10. The van der Waals surface area contributed by atoms with E-state index in [1.165, 1.54) is 6.42 Å². The van der Waals surface area contributed by atoms with Crippen LogP contribution in [0, 0.1) is 5.41 Å². The molecule has 0 radical (unpaired) electrons. The summed E-state index contributed by atoms with van der Waals surface area (Å²) in [4.78, 5) is 17.6. The molecule has 1 aliphatic carbocycles. The van der Waals surface area contributed by atoms with E-state index in [0.717, 1.165) is 58.4 Å². The molecule has 0 spiro atoms. The summed E-state index contributed by atoms with van der Waals surface area (Å²) in [7, 11) is 0. The van der Waals surface area contributed by atoms with Gasteiger partial charge in [-0.3, -0.25) is 4.79 Å². The first-order valence-electron chi connectivity index (χ1n) is 7.42. The average molecular weight is 283 g/mol. The molecule has 108 valence electrons. The molecule has 0 atom stereocenters. The molecular weight excluding hydrogens is 258 g/mol. The van der Waals surface area contributed by atoms with Crippen molar-refractivity contribution in [3.05, 3.63) is 0 Å². The number of thiocarbonyl (C=S) groups is 1. The molecule has 1 aliphatic heterocycles. The quantitative estimate of drug-likeness (QED) is 0.795. The maximum absolute atomic E-state index is 12.9. The van der Waals surface area contributed by atoms with Crippen LogP contribution in [-0.2, 0) is 4.79 Å². The third kappa shape index (κ3) is 2.92. The molecule has 0 aromatic carbocycles. The smallest absolute Gasteiger partial charge is 0.235 e. The Kier molecular flexibility index (Phi) is 4.79. The van der Waals surface area contributed by atoms with E-state index in [2.05, 4.69) is 11.8 Å². The fraction of sp³-hybridized carbons (Fsp3) is 0.857. The number of likely N-dealkylation sites (N-methyl/N-ethyl adjacent to an activating group) is 1. The van der Waals surface area contributed by atoms with Gasteiger partial charge in [0.2, 0.25) is 5.91 Å². The van der Waals surface area contributed by atoms with Crippen LogP contribution in [0.15, 0.2) is 0 Å². The molecule has 0 bridgehead atoms. The number of carbonyl (C=O) groups is 1. The molecular formula is C14H25N3OS. The second-order valence-corrected chi connectivity index (χ2v) is 6.17. The van der Waals surface area contributed by atoms with Crippen molar-refractivity contribution < 1.29 is 4.79 Å². The summed E-state index contributed by atoms with van der Waals surface area (Å²) in [5, 5.41) is 0. The van der Waals surface area contributed by atoms with Crippen molar-refractivity contribution in [2.24, 2.45) is 11.1 Å². The van der Waals surface area contributed by atoms with Crippen molar-refractivity contribution in [1.29, 1.82) is 0 Å². The lowest BCUT2D eigenvalue weighted by Crippen LogP contribution is -2.56. The van der Waals surface area contributed by atoms with Crippen molar-refractivity contribution >= 4 is 23.1 Å². The number of rotatable bonds is 3. The third-order valence-electron chi connectivity index (χ3n) is 4.69. The Morgan fingerprint density at radius 2 is 1.74 bits per heavy atom. The Morgan fingerprint density at radius 1 is 1.16 bits per heavy atom. The minimum absolute atomic E-state index is 0.190. The molecule has 1 saturated heterocycles. The molecule has 0 aromatic heterocycles. The molecule has 4 nitrogen and oxygen atoms in total. The van der Waals surface area contributed by atoms with Gasteiger partial charge >= 0.3 is 0 Å². The monoisotopic (exact) mass is 283 g/mol. The minimum Gasteiger partial charge on any atom is -0.392 e. The molecule has 5 heteroatoms. The van der Waals surface area contributed by atoms with E-state index in [1.807, 2.05) is 4.90 Å². The lowest BCUT2D eigenvalue weighted by atomic mass is 9.72. The van der Waals surface area contributed by atoms with Crippen LogP contribution in [-0.4, -0.2) is 53.4 Å². The molecule has 2 aliphatic rings. The summed E-state index contributed by atoms with van der Waals surface area (Å²) in [5.41, 5.74) is 5.40. The summed E-state index contributed by atoms with van der Waals surface area (Å²) < 4.78 is 0. The second kappa shape index (κ2) is 6.18. The average Bonchev–Trinajstić information content (AvgIpc) is 2.47. The van der Waals surface area contributed by atoms with Gasteiger partial charge in [0.05, 0.1) is 10.4 Å². The number of nitrogens with zero attached hydrogens (tertiary/aromatic N) is 2. The Bertz CT molecular complexity index is 345. The Balaban J connectivity index is 2.06. The summed E-state index contributed by atoms with van der Waals surface area (Å²) in [6, 6.07) is 0. The molecule has 2 rings (SSSR count). The highest BCUT2D eigenvalue weighted by molar-refractivity contribution is 7.80. The van der Waals surface area contributed by atoms with E-state index < -0.39 is 5.41 Å². The lowest BCUT2D eigenvalue weighted by molar-refractivity contribution is -0.141. The normalized spacial score (nSPS) is 24.2. The highest BCUT2D eigenvalue weighted by Gasteiger charge is 2.45. The molecule has 0 aromatic rings. The Morgan fingerprint density at radius 3 is 2.21 bits per heavy atom. The molecule has 1 saturated carbocycles. The van der Waals surface area contributed by atoms with Crippen LogP contribution in [0.2, 0.25) is 0 Å². The van der Waals surface area contributed by atoms with Crippen molar-refractivity contribution in [3.63, 3.8) is 0 Å². The zero-order valence-corrected chi connectivity index (χ0v) is 12.7. The molecule has 2 fully saturated rings. The predicted molar refractivity (Wildman–Crippen MR) is 81.0 cm³/mol. The van der Waals surface area contributed by atoms with Crippen LogP contribution in [0.5, 0.6) is 0 Å². The van der Waals surface area contributed by atoms with Gasteiger partial charge in [0.1, 0.15) is 0 Å². The van der Waals surface area contributed by atoms with E-state index >= 15 is 0 Å². The molecule has 1 amide bonds. The van der Waals surface area contributed by atoms with Gasteiger partial charge in [0, 0.05) is 26.2 Å². The van der Waals surface area contributed by atoms with E-state index in [1.54, 1.807) is 0 Å². The zero-order chi connectivity index (χ0) is 13.9. The maximum Gasteiger partial charge on any atom is 0.235 e. The van der Waals surface area contributed by atoms with Gasteiger partial charge in [-0.1, -0.05) is 38.4 Å². The zero-order valence-electron chi connectivity index (χ0n) is 11.9. The Hall–Kier alpha value is -0.680. The number of hydrogen-bond acceptors (Lipinski definition) is 3. The van der Waals surface area contributed by atoms with Crippen LogP contribution >= 0.6 is 12.2 Å². The molecule has 1 heterocycles. The molecule has 2 N–H and O–H groups in total. The summed E-state index contributed by atoms with van der Waals surface area (Å²) in [6.45, 7) is 6.79. The number of piperazine rings is 1. The third-order valence-corrected chi connectivity index (χ3v) is 5.09. The van der Waals surface area contributed by atoms with Crippen LogP contribution in [0.4, 0.5) is 0 Å². The van der Waals surface area contributed by atoms with E-state index in [4.69, 9.17) is 18.0 Å². The van der Waals surface area contributed by atoms with Crippen LogP contribution in [0.1, 0.15) is 39.0 Å². The number of amides is 1. The first-order valence-corrected chi connectivity index (χ1v) is 7.82. The SMILES string of the molecule is CCN1CCN(C(=O)C2(C(N)=S)CCCCC2)CC1. The van der Waals surface area contributed by atoms with Gasteiger partial charge in [0.15, 0.2) is 0 Å². The highest BCUT2D eigenvalue weighted by atomic mass is 32.1. The summed E-state index contributed by atoms with van der Waals surface area (Å²) in [6.07, 6.45) is 5.02. The first kappa shape index (κ1) is 14.7. The van der Waals surface area contributed by atoms with Gasteiger partial charge in [-0.2, -0.15) is 0 Å². The van der Waals surface area contributed by atoms with Crippen molar-refractivity contribution in [2.45, 2.75) is 39.0 Å². The van der Waals surface area contributed by atoms with Crippen LogP contribution in [0.3, 0.4) is 0 Å². The number of nitrogens with two attached hydrogens (primary N) is 1. The summed E-state index contributed by atoms with van der Waals surface area (Å²) in [5.74, 6) is 0.190. The molecule has 0 unspecified atom stereocenters. The van der Waals surface area contributed by atoms with Crippen molar-refractivity contribution in [1.82, 2.24) is 9.80 Å². The lowest BCUT2D eigenvalue weighted by Gasteiger charge is -2.42. The van der Waals surface area contributed by atoms with Crippen molar-refractivity contribution in [3.8, 4) is 0 Å². The molecule has 19 heavy (non-hydrogen) atoms. The summed E-state index contributed by atoms with van der Waals surface area (Å²) >= 11 is 5.24. The largest absolute Gasteiger partial charge is 0.392 e. The second-order valence-electron chi connectivity index (χ2n) is 5.73. The maximum atomic E-state index is 12.9. The van der Waals surface area contributed by atoms with E-state index in [-0.39, 0.29) is 5.91 Å². The Labute approximate surface area is 121 Å². The fourth-order valence-electron chi connectivity index (χ4n) is 3.29. The van der Waals surface area contributed by atoms with Gasteiger partial charge in [0.25, 0.3) is 0 Å². The van der Waals surface area contributed by atoms with Gasteiger partial charge in [-0.05, 0) is 19.4 Å². The van der Waals surface area contributed by atoms with Gasteiger partial charge < -0.3 is 15.5 Å². The van der Waals surface area contributed by atoms with E-state index in [0.29, 0.717) is 4.99 Å². The van der Waals surface area contributed by atoms with Gasteiger partial charge in [-0.25, -0.2) is 0 Å². The number of carbonyl (C=O) groups excluding carboxylic acids is 1. The van der Waals surface area contributed by atoms with Gasteiger partial charge in [-0.15, -0.1) is 0 Å². The standard InChI is InChI=1S/C14H25N3OS/c1-2-16-8-10-17(11-9-16)13(18)14(12(15)19)6-4-3-5-7-14/h2-11H2,1H3,(H2,15,19). The van der Waals surface area contributed by atoms with E-state index in [9.17, 15) is 4.79 Å².